The van der Waals surface area contributed by atoms with E-state index in [-0.39, 0.29) is 11.9 Å². The number of aromatic amines is 2. The smallest absolute Gasteiger partial charge is 0.253 e. The van der Waals surface area contributed by atoms with Crippen LogP contribution in [0.5, 0.6) is 5.75 Å². The van der Waals surface area contributed by atoms with Crippen molar-refractivity contribution in [2.24, 2.45) is 0 Å². The van der Waals surface area contributed by atoms with Crippen LogP contribution in [0.1, 0.15) is 28.9 Å². The van der Waals surface area contributed by atoms with Crippen molar-refractivity contribution in [1.82, 2.24) is 20.5 Å². The van der Waals surface area contributed by atoms with Crippen LogP contribution in [0.15, 0.2) is 61.1 Å². The maximum atomic E-state index is 12.8. The molecule has 136 valence electrons. The van der Waals surface area contributed by atoms with E-state index in [1.54, 1.807) is 19.5 Å². The van der Waals surface area contributed by atoms with Gasteiger partial charge in [-0.2, -0.15) is 5.10 Å². The Bertz CT molecular complexity index is 1080. The number of amides is 1. The van der Waals surface area contributed by atoms with Gasteiger partial charge in [0, 0.05) is 28.9 Å². The predicted molar refractivity (Wildman–Crippen MR) is 105 cm³/mol. The van der Waals surface area contributed by atoms with Gasteiger partial charge in [-0.3, -0.25) is 9.89 Å². The number of carbonyl (C=O) groups excluding carboxylic acids is 1. The summed E-state index contributed by atoms with van der Waals surface area (Å²) >= 11 is 0. The van der Waals surface area contributed by atoms with Crippen molar-refractivity contribution in [2.75, 3.05) is 7.11 Å². The van der Waals surface area contributed by atoms with Crippen LogP contribution in [-0.2, 0) is 0 Å². The molecule has 0 saturated heterocycles. The number of aromatic nitrogens is 3. The Morgan fingerprint density at radius 1 is 1.15 bits per heavy atom. The molecule has 2 aromatic heterocycles. The summed E-state index contributed by atoms with van der Waals surface area (Å²) in [6.45, 7) is 1.96. The number of ether oxygens (including phenoxy) is 1. The number of H-pyrrole nitrogens is 2. The first-order chi connectivity index (χ1) is 13.2. The molecule has 0 fully saturated rings. The van der Waals surface area contributed by atoms with E-state index in [1.807, 2.05) is 55.6 Å². The summed E-state index contributed by atoms with van der Waals surface area (Å²) in [6.07, 6.45) is 5.36. The van der Waals surface area contributed by atoms with Crippen LogP contribution >= 0.6 is 0 Å². The number of nitrogens with one attached hydrogen (secondary N) is 3. The molecule has 0 saturated carbocycles. The first kappa shape index (κ1) is 16.9. The van der Waals surface area contributed by atoms with Gasteiger partial charge in [0.2, 0.25) is 0 Å². The highest BCUT2D eigenvalue weighted by atomic mass is 16.5. The predicted octanol–water partition coefficient (Wildman–Crippen LogP) is 4.06. The first-order valence-electron chi connectivity index (χ1n) is 8.71. The zero-order valence-electron chi connectivity index (χ0n) is 15.1. The molecule has 0 radical (unpaired) electrons. The minimum Gasteiger partial charge on any atom is -0.497 e. The van der Waals surface area contributed by atoms with E-state index in [4.69, 9.17) is 4.74 Å². The lowest BCUT2D eigenvalue weighted by Crippen LogP contribution is -2.26. The fraction of sp³-hybridized carbons (Fsp3) is 0.143. The molecule has 0 aliphatic heterocycles. The Labute approximate surface area is 156 Å². The molecule has 6 nitrogen and oxygen atoms in total. The fourth-order valence-electron chi connectivity index (χ4n) is 3.17. The van der Waals surface area contributed by atoms with Gasteiger partial charge >= 0.3 is 0 Å². The average Bonchev–Trinajstić information content (AvgIpc) is 3.37. The van der Waals surface area contributed by atoms with E-state index < -0.39 is 0 Å². The molecule has 2 heterocycles. The summed E-state index contributed by atoms with van der Waals surface area (Å²) in [4.78, 5) is 16.0. The zero-order valence-corrected chi connectivity index (χ0v) is 15.1. The third-order valence-electron chi connectivity index (χ3n) is 4.70. The second-order valence-electron chi connectivity index (χ2n) is 6.42. The van der Waals surface area contributed by atoms with Crippen LogP contribution in [0, 0.1) is 0 Å². The topological polar surface area (TPSA) is 82.8 Å². The Hall–Kier alpha value is -3.54. The largest absolute Gasteiger partial charge is 0.497 e. The van der Waals surface area contributed by atoms with E-state index >= 15 is 0 Å². The van der Waals surface area contributed by atoms with Crippen molar-refractivity contribution >= 4 is 16.8 Å². The third kappa shape index (κ3) is 3.29. The van der Waals surface area contributed by atoms with Gasteiger partial charge in [-0.1, -0.05) is 24.3 Å². The molecule has 27 heavy (non-hydrogen) atoms. The molecule has 3 N–H and O–H groups in total. The van der Waals surface area contributed by atoms with Crippen molar-refractivity contribution in [3.8, 4) is 16.9 Å². The summed E-state index contributed by atoms with van der Waals surface area (Å²) in [5.41, 5.74) is 4.56. The summed E-state index contributed by atoms with van der Waals surface area (Å²) in [5.74, 6) is 0.653. The van der Waals surface area contributed by atoms with Gasteiger partial charge in [0.05, 0.1) is 24.9 Å². The minimum absolute atomic E-state index is 0.118. The fourth-order valence-corrected chi connectivity index (χ4v) is 3.17. The van der Waals surface area contributed by atoms with Gasteiger partial charge in [0.1, 0.15) is 5.75 Å². The molecule has 0 aliphatic rings. The molecule has 0 spiro atoms. The van der Waals surface area contributed by atoms with Crippen LogP contribution in [0.2, 0.25) is 0 Å². The van der Waals surface area contributed by atoms with Gasteiger partial charge < -0.3 is 15.0 Å². The van der Waals surface area contributed by atoms with Crippen LogP contribution in [0.4, 0.5) is 0 Å². The lowest BCUT2D eigenvalue weighted by molar-refractivity contribution is 0.0941. The molecular formula is C21H20N4O2. The van der Waals surface area contributed by atoms with Crippen molar-refractivity contribution in [1.29, 1.82) is 0 Å². The number of benzene rings is 2. The number of rotatable bonds is 5. The quantitative estimate of drug-likeness (QED) is 0.502. The van der Waals surface area contributed by atoms with Crippen molar-refractivity contribution < 1.29 is 9.53 Å². The Morgan fingerprint density at radius 2 is 2.04 bits per heavy atom. The molecule has 2 aromatic carbocycles. The van der Waals surface area contributed by atoms with Gasteiger partial charge in [-0.25, -0.2) is 0 Å². The molecule has 1 amide bonds. The van der Waals surface area contributed by atoms with Crippen molar-refractivity contribution in [2.45, 2.75) is 13.0 Å². The summed E-state index contributed by atoms with van der Waals surface area (Å²) in [7, 11) is 1.63. The highest BCUT2D eigenvalue weighted by molar-refractivity contribution is 6.07. The Morgan fingerprint density at radius 3 is 2.81 bits per heavy atom. The summed E-state index contributed by atoms with van der Waals surface area (Å²) in [6, 6.07) is 13.5. The molecular weight excluding hydrogens is 340 g/mol. The van der Waals surface area contributed by atoms with E-state index in [0.717, 1.165) is 33.3 Å². The van der Waals surface area contributed by atoms with E-state index in [2.05, 4.69) is 20.5 Å². The molecule has 0 bridgehead atoms. The second-order valence-corrected chi connectivity index (χ2v) is 6.42. The minimum atomic E-state index is -0.136. The number of carbonyl (C=O) groups is 1. The molecule has 0 aliphatic carbocycles. The molecule has 4 aromatic rings. The number of hydrogen-bond donors (Lipinski definition) is 3. The van der Waals surface area contributed by atoms with E-state index in [0.29, 0.717) is 5.56 Å². The highest BCUT2D eigenvalue weighted by Crippen LogP contribution is 2.26. The van der Waals surface area contributed by atoms with Crippen LogP contribution in [-0.4, -0.2) is 28.2 Å². The maximum absolute atomic E-state index is 12.8. The maximum Gasteiger partial charge on any atom is 0.253 e. The monoisotopic (exact) mass is 360 g/mol. The van der Waals surface area contributed by atoms with E-state index in [9.17, 15) is 4.79 Å². The normalized spacial score (nSPS) is 12.1. The highest BCUT2D eigenvalue weighted by Gasteiger charge is 2.16. The lowest BCUT2D eigenvalue weighted by atomic mass is 10.0. The van der Waals surface area contributed by atoms with Crippen LogP contribution < -0.4 is 10.1 Å². The van der Waals surface area contributed by atoms with E-state index in [1.165, 1.54) is 0 Å². The lowest BCUT2D eigenvalue weighted by Gasteiger charge is -2.15. The average molecular weight is 360 g/mol. The van der Waals surface area contributed by atoms with Crippen LogP contribution in [0.3, 0.4) is 0 Å². The summed E-state index contributed by atoms with van der Waals surface area (Å²) < 4.78 is 5.26. The molecule has 4 rings (SSSR count). The summed E-state index contributed by atoms with van der Waals surface area (Å²) in [5, 5.41) is 10.7. The molecule has 6 heteroatoms. The molecule has 1 unspecified atom stereocenters. The number of fused-ring (bicyclic) bond motifs is 1. The van der Waals surface area contributed by atoms with Gasteiger partial charge in [0.15, 0.2) is 0 Å². The standard InChI is InChI=1S/C21H20N4O2/c1-13(14-4-3-5-17(8-14)27-2)25-21(26)19-12-22-20-9-15(6-7-18(19)20)16-10-23-24-11-16/h3-13,22H,1-2H3,(H,23,24)(H,25,26). The number of methoxy groups -OCH3 is 1. The first-order valence-corrected chi connectivity index (χ1v) is 8.71. The van der Waals surface area contributed by atoms with Crippen molar-refractivity contribution in [3.63, 3.8) is 0 Å². The van der Waals surface area contributed by atoms with Crippen LogP contribution in [0.25, 0.3) is 22.0 Å². The molecule has 1 atom stereocenters. The number of hydrogen-bond acceptors (Lipinski definition) is 3. The Kier molecular flexibility index (Phi) is 4.38. The Balaban J connectivity index is 1.57. The van der Waals surface area contributed by atoms with Gasteiger partial charge in [0.25, 0.3) is 5.91 Å². The second kappa shape index (κ2) is 6.99. The zero-order chi connectivity index (χ0) is 18.8. The number of nitrogens with zero attached hydrogens (tertiary/aromatic N) is 1. The third-order valence-corrected chi connectivity index (χ3v) is 4.70. The van der Waals surface area contributed by atoms with Gasteiger partial charge in [-0.05, 0) is 36.2 Å². The SMILES string of the molecule is COc1cccc(C(C)NC(=O)c2c[nH]c3cc(-c4cn[nH]c4)ccc23)c1. The van der Waals surface area contributed by atoms with Crippen molar-refractivity contribution in [3.05, 3.63) is 72.2 Å². The van der Waals surface area contributed by atoms with Gasteiger partial charge in [-0.15, -0.1) is 0 Å².